The van der Waals surface area contributed by atoms with E-state index < -0.39 is 0 Å². The highest BCUT2D eigenvalue weighted by molar-refractivity contribution is 5.94. The molecule has 130 valence electrons. The topological polar surface area (TPSA) is 63.2 Å². The summed E-state index contributed by atoms with van der Waals surface area (Å²) in [6.45, 7) is 2.31. The number of nitrogens with one attached hydrogen (secondary N) is 2. The molecule has 1 aliphatic heterocycles. The van der Waals surface area contributed by atoms with Crippen LogP contribution in [0, 0.1) is 0 Å². The molecule has 1 atom stereocenters. The summed E-state index contributed by atoms with van der Waals surface area (Å²) in [7, 11) is 0. The SMILES string of the molecule is O=C(NCCC1=CCCCC1)c1cncc(NCC2CCCO2)c1. The summed E-state index contributed by atoms with van der Waals surface area (Å²) in [5.41, 5.74) is 2.95. The molecule has 1 aromatic rings. The summed E-state index contributed by atoms with van der Waals surface area (Å²) >= 11 is 0. The molecule has 1 amide bonds. The molecule has 2 aliphatic rings. The van der Waals surface area contributed by atoms with Crippen LogP contribution in [0.1, 0.15) is 55.3 Å². The molecule has 0 saturated carbocycles. The lowest BCUT2D eigenvalue weighted by Gasteiger charge is -2.14. The number of amides is 1. The minimum absolute atomic E-state index is 0.0559. The first-order valence-electron chi connectivity index (χ1n) is 9.08. The van der Waals surface area contributed by atoms with Gasteiger partial charge in [0.25, 0.3) is 5.91 Å². The molecule has 2 heterocycles. The van der Waals surface area contributed by atoms with Gasteiger partial charge in [-0.1, -0.05) is 11.6 Å². The molecule has 1 unspecified atom stereocenters. The molecule has 1 aromatic heterocycles. The van der Waals surface area contributed by atoms with Gasteiger partial charge in [0.15, 0.2) is 0 Å². The van der Waals surface area contributed by atoms with Crippen LogP contribution in [0.4, 0.5) is 5.69 Å². The lowest BCUT2D eigenvalue weighted by Crippen LogP contribution is -2.25. The highest BCUT2D eigenvalue weighted by Crippen LogP contribution is 2.19. The molecule has 0 spiro atoms. The molecule has 3 rings (SSSR count). The van der Waals surface area contributed by atoms with Crippen LogP contribution in [-0.2, 0) is 4.74 Å². The Hall–Kier alpha value is -1.88. The number of hydrogen-bond acceptors (Lipinski definition) is 4. The van der Waals surface area contributed by atoms with Crippen molar-refractivity contribution in [3.05, 3.63) is 35.7 Å². The molecule has 24 heavy (non-hydrogen) atoms. The normalized spacial score (nSPS) is 20.5. The average molecular weight is 329 g/mol. The van der Waals surface area contributed by atoms with Crippen LogP contribution >= 0.6 is 0 Å². The number of anilines is 1. The van der Waals surface area contributed by atoms with E-state index in [1.54, 1.807) is 12.4 Å². The first-order chi connectivity index (χ1) is 11.8. The number of hydrogen-bond donors (Lipinski definition) is 2. The zero-order valence-electron chi connectivity index (χ0n) is 14.2. The molecule has 2 N–H and O–H groups in total. The van der Waals surface area contributed by atoms with E-state index in [0.717, 1.165) is 38.1 Å². The van der Waals surface area contributed by atoms with Crippen molar-refractivity contribution in [2.45, 2.75) is 51.0 Å². The smallest absolute Gasteiger partial charge is 0.252 e. The van der Waals surface area contributed by atoms with Crippen molar-refractivity contribution < 1.29 is 9.53 Å². The second-order valence-electron chi connectivity index (χ2n) is 6.59. The van der Waals surface area contributed by atoms with Gasteiger partial charge < -0.3 is 15.4 Å². The van der Waals surface area contributed by atoms with E-state index in [4.69, 9.17) is 4.74 Å². The summed E-state index contributed by atoms with van der Waals surface area (Å²) in [6.07, 6.45) is 14.1. The lowest BCUT2D eigenvalue weighted by molar-refractivity contribution is 0.0953. The zero-order valence-corrected chi connectivity index (χ0v) is 14.2. The largest absolute Gasteiger partial charge is 0.381 e. The standard InChI is InChI=1S/C19H27N3O2/c23-19(21-9-8-15-5-2-1-3-6-15)16-11-17(13-20-12-16)22-14-18-7-4-10-24-18/h5,11-13,18,22H,1-4,6-10,14H2,(H,21,23). The summed E-state index contributed by atoms with van der Waals surface area (Å²) in [4.78, 5) is 16.4. The predicted molar refractivity (Wildman–Crippen MR) is 95.2 cm³/mol. The van der Waals surface area contributed by atoms with Crippen LogP contribution in [0.3, 0.4) is 0 Å². The van der Waals surface area contributed by atoms with Crippen molar-refractivity contribution in [1.82, 2.24) is 10.3 Å². The highest BCUT2D eigenvalue weighted by Gasteiger charge is 2.15. The number of ether oxygens (including phenoxy) is 1. The van der Waals surface area contributed by atoms with Crippen LogP contribution < -0.4 is 10.6 Å². The van der Waals surface area contributed by atoms with Crippen molar-refractivity contribution >= 4 is 11.6 Å². The third kappa shape index (κ3) is 5.06. The number of aromatic nitrogens is 1. The molecule has 5 nitrogen and oxygen atoms in total. The Labute approximate surface area is 143 Å². The lowest BCUT2D eigenvalue weighted by atomic mass is 9.97. The van der Waals surface area contributed by atoms with Crippen molar-refractivity contribution in [1.29, 1.82) is 0 Å². The van der Waals surface area contributed by atoms with Gasteiger partial charge in [0.1, 0.15) is 0 Å². The van der Waals surface area contributed by atoms with Gasteiger partial charge >= 0.3 is 0 Å². The van der Waals surface area contributed by atoms with E-state index >= 15 is 0 Å². The van der Waals surface area contributed by atoms with Gasteiger partial charge in [-0.25, -0.2) is 0 Å². The van der Waals surface area contributed by atoms with Gasteiger partial charge in [-0.05, 0) is 51.0 Å². The monoisotopic (exact) mass is 329 g/mol. The van der Waals surface area contributed by atoms with Gasteiger partial charge in [-0.15, -0.1) is 0 Å². The molecule has 1 saturated heterocycles. The number of allylic oxidation sites excluding steroid dienone is 1. The molecule has 5 heteroatoms. The van der Waals surface area contributed by atoms with Crippen LogP contribution in [0.25, 0.3) is 0 Å². The molecule has 0 radical (unpaired) electrons. The fraction of sp³-hybridized carbons (Fsp3) is 0.579. The van der Waals surface area contributed by atoms with Crippen LogP contribution in [0.5, 0.6) is 0 Å². The second kappa shape index (κ2) is 8.83. The first-order valence-corrected chi connectivity index (χ1v) is 9.08. The maximum absolute atomic E-state index is 12.3. The van der Waals surface area contributed by atoms with Gasteiger partial charge in [0.2, 0.25) is 0 Å². The Morgan fingerprint density at radius 2 is 2.25 bits per heavy atom. The minimum atomic E-state index is -0.0559. The third-order valence-corrected chi connectivity index (χ3v) is 4.67. The van der Waals surface area contributed by atoms with Gasteiger partial charge in [-0.2, -0.15) is 0 Å². The summed E-state index contributed by atoms with van der Waals surface area (Å²) < 4.78 is 5.60. The fourth-order valence-corrected chi connectivity index (χ4v) is 3.27. The van der Waals surface area contributed by atoms with Crippen LogP contribution in [0.2, 0.25) is 0 Å². The molecule has 0 aromatic carbocycles. The summed E-state index contributed by atoms with van der Waals surface area (Å²) in [5, 5.41) is 6.31. The van der Waals surface area contributed by atoms with Crippen LogP contribution in [-0.4, -0.2) is 36.7 Å². The molecular weight excluding hydrogens is 302 g/mol. The van der Waals surface area contributed by atoms with E-state index in [1.165, 1.54) is 31.3 Å². The Kier molecular flexibility index (Phi) is 6.24. The summed E-state index contributed by atoms with van der Waals surface area (Å²) in [6, 6.07) is 1.86. The Balaban J connectivity index is 1.45. The van der Waals surface area contributed by atoms with E-state index in [2.05, 4.69) is 21.7 Å². The maximum atomic E-state index is 12.3. The number of pyridine rings is 1. The molecule has 1 fully saturated rings. The molecule has 1 aliphatic carbocycles. The average Bonchev–Trinajstić information content (AvgIpc) is 3.15. The second-order valence-corrected chi connectivity index (χ2v) is 6.59. The molecular formula is C19H27N3O2. The van der Waals surface area contributed by atoms with E-state index in [0.29, 0.717) is 12.1 Å². The summed E-state index contributed by atoms with van der Waals surface area (Å²) in [5.74, 6) is -0.0559. The van der Waals surface area contributed by atoms with Crippen LogP contribution in [0.15, 0.2) is 30.1 Å². The number of carbonyl (C=O) groups is 1. The van der Waals surface area contributed by atoms with Crippen molar-refractivity contribution in [3.8, 4) is 0 Å². The Bertz CT molecular complexity index is 580. The number of carbonyl (C=O) groups excluding carboxylic acids is 1. The Morgan fingerprint density at radius 1 is 1.29 bits per heavy atom. The third-order valence-electron chi connectivity index (χ3n) is 4.67. The van der Waals surface area contributed by atoms with Gasteiger partial charge in [0.05, 0.1) is 17.4 Å². The van der Waals surface area contributed by atoms with E-state index in [9.17, 15) is 4.79 Å². The van der Waals surface area contributed by atoms with Crippen molar-refractivity contribution in [3.63, 3.8) is 0 Å². The number of nitrogens with zero attached hydrogens (tertiary/aromatic N) is 1. The quantitative estimate of drug-likeness (QED) is 0.754. The van der Waals surface area contributed by atoms with Gasteiger partial charge in [-0.3, -0.25) is 9.78 Å². The van der Waals surface area contributed by atoms with Gasteiger partial charge in [0, 0.05) is 32.1 Å². The fourth-order valence-electron chi connectivity index (χ4n) is 3.27. The van der Waals surface area contributed by atoms with E-state index in [1.807, 2.05) is 6.07 Å². The number of rotatable bonds is 7. The minimum Gasteiger partial charge on any atom is -0.381 e. The maximum Gasteiger partial charge on any atom is 0.252 e. The highest BCUT2D eigenvalue weighted by atomic mass is 16.5. The van der Waals surface area contributed by atoms with E-state index in [-0.39, 0.29) is 12.0 Å². The van der Waals surface area contributed by atoms with Crippen molar-refractivity contribution in [2.75, 3.05) is 25.0 Å². The molecule has 0 bridgehead atoms. The zero-order chi connectivity index (χ0) is 16.6. The van der Waals surface area contributed by atoms with Crippen molar-refractivity contribution in [2.24, 2.45) is 0 Å². The first kappa shape index (κ1) is 17.0. The Morgan fingerprint density at radius 3 is 3.04 bits per heavy atom. The predicted octanol–water partition coefficient (Wildman–Crippen LogP) is 3.29.